The number of rotatable bonds is 9. The first-order chi connectivity index (χ1) is 14.4. The van der Waals surface area contributed by atoms with E-state index in [0.29, 0.717) is 17.1 Å². The molecule has 0 spiro atoms. The van der Waals surface area contributed by atoms with E-state index >= 15 is 0 Å². The molecule has 0 radical (unpaired) electrons. The number of carbonyl (C=O) groups excluding carboxylic acids is 2. The Morgan fingerprint density at radius 3 is 2.27 bits per heavy atom. The van der Waals surface area contributed by atoms with Crippen LogP contribution in [0.4, 0.5) is 11.4 Å². The number of ether oxygens (including phenoxy) is 4. The topological polar surface area (TPSA) is 126 Å². The molecular formula is C20H20N2O8. The Balaban J connectivity index is 1.97. The second-order valence-corrected chi connectivity index (χ2v) is 5.78. The lowest BCUT2D eigenvalue weighted by molar-refractivity contribution is -0.384. The van der Waals surface area contributed by atoms with E-state index in [9.17, 15) is 19.7 Å². The molecule has 0 aliphatic carbocycles. The van der Waals surface area contributed by atoms with Crippen molar-refractivity contribution >= 4 is 29.3 Å². The van der Waals surface area contributed by atoms with Crippen LogP contribution in [-0.4, -0.2) is 44.7 Å². The molecule has 30 heavy (non-hydrogen) atoms. The normalized spacial score (nSPS) is 10.4. The number of nitro groups is 1. The van der Waals surface area contributed by atoms with E-state index in [-0.39, 0.29) is 17.1 Å². The number of methoxy groups -OCH3 is 3. The SMILES string of the molecule is COc1cc(/C=C/C(=O)OCC(=O)Nc2cc([N+](=O)[O-])ccc2OC)cc(OC)c1. The van der Waals surface area contributed by atoms with Crippen molar-refractivity contribution in [2.75, 3.05) is 33.3 Å². The summed E-state index contributed by atoms with van der Waals surface area (Å²) >= 11 is 0. The predicted octanol–water partition coefficient (Wildman–Crippen LogP) is 2.82. The smallest absolute Gasteiger partial charge is 0.331 e. The number of nitrogens with one attached hydrogen (secondary N) is 1. The molecule has 0 aliphatic heterocycles. The fourth-order valence-electron chi connectivity index (χ4n) is 2.37. The molecule has 2 rings (SSSR count). The number of nitrogens with zero attached hydrogens (tertiary/aromatic N) is 1. The molecule has 1 N–H and O–H groups in total. The Labute approximate surface area is 172 Å². The van der Waals surface area contributed by atoms with E-state index in [4.69, 9.17) is 18.9 Å². The number of esters is 1. The van der Waals surface area contributed by atoms with Crippen LogP contribution >= 0.6 is 0 Å². The third kappa shape index (κ3) is 6.23. The van der Waals surface area contributed by atoms with Gasteiger partial charge in [-0.3, -0.25) is 14.9 Å². The van der Waals surface area contributed by atoms with Crippen LogP contribution in [0, 0.1) is 10.1 Å². The molecule has 0 bridgehead atoms. The first kappa shape index (κ1) is 22.2. The zero-order valence-corrected chi connectivity index (χ0v) is 16.5. The van der Waals surface area contributed by atoms with E-state index in [1.54, 1.807) is 18.2 Å². The maximum Gasteiger partial charge on any atom is 0.331 e. The average Bonchev–Trinajstić information content (AvgIpc) is 2.75. The van der Waals surface area contributed by atoms with Crippen LogP contribution in [0.1, 0.15) is 5.56 Å². The predicted molar refractivity (Wildman–Crippen MR) is 108 cm³/mol. The summed E-state index contributed by atoms with van der Waals surface area (Å²) < 4.78 is 20.2. The third-order valence-electron chi connectivity index (χ3n) is 3.80. The molecule has 10 nitrogen and oxygen atoms in total. The quantitative estimate of drug-likeness (QED) is 0.286. The summed E-state index contributed by atoms with van der Waals surface area (Å²) in [6.07, 6.45) is 2.63. The number of benzene rings is 2. The molecule has 0 aliphatic rings. The van der Waals surface area contributed by atoms with E-state index in [0.717, 1.165) is 12.1 Å². The van der Waals surface area contributed by atoms with Gasteiger partial charge in [-0.2, -0.15) is 0 Å². The van der Waals surface area contributed by atoms with Crippen LogP contribution < -0.4 is 19.5 Å². The van der Waals surface area contributed by atoms with Gasteiger partial charge >= 0.3 is 5.97 Å². The van der Waals surface area contributed by atoms with Crippen molar-refractivity contribution < 1.29 is 33.5 Å². The summed E-state index contributed by atoms with van der Waals surface area (Å²) in [6, 6.07) is 8.80. The summed E-state index contributed by atoms with van der Waals surface area (Å²) in [5.41, 5.74) is 0.500. The van der Waals surface area contributed by atoms with Gasteiger partial charge in [0.25, 0.3) is 11.6 Å². The highest BCUT2D eigenvalue weighted by molar-refractivity contribution is 5.96. The number of non-ortho nitro benzene ring substituents is 1. The molecule has 2 aromatic carbocycles. The molecule has 2 aromatic rings. The minimum absolute atomic E-state index is 0.0896. The number of hydrogen-bond donors (Lipinski definition) is 1. The van der Waals surface area contributed by atoms with Gasteiger partial charge in [0, 0.05) is 24.3 Å². The van der Waals surface area contributed by atoms with Crippen LogP contribution in [0.5, 0.6) is 17.2 Å². The highest BCUT2D eigenvalue weighted by atomic mass is 16.6. The van der Waals surface area contributed by atoms with E-state index in [2.05, 4.69) is 5.32 Å². The van der Waals surface area contributed by atoms with Gasteiger partial charge in [-0.05, 0) is 29.8 Å². The molecule has 1 amide bonds. The van der Waals surface area contributed by atoms with Crippen molar-refractivity contribution in [1.82, 2.24) is 0 Å². The standard InChI is InChI=1S/C20H20N2O8/c1-27-15-8-13(9-16(11-15)28-2)4-7-20(24)30-12-19(23)21-17-10-14(22(25)26)5-6-18(17)29-3/h4-11H,12H2,1-3H3,(H,21,23)/b7-4+. The Kier molecular flexibility index (Phi) is 7.74. The van der Waals surface area contributed by atoms with Gasteiger partial charge in [0.05, 0.1) is 31.9 Å². The molecular weight excluding hydrogens is 396 g/mol. The summed E-state index contributed by atoms with van der Waals surface area (Å²) in [5.74, 6) is -0.107. The maximum atomic E-state index is 12.0. The van der Waals surface area contributed by atoms with Crippen molar-refractivity contribution in [3.05, 3.63) is 58.2 Å². The van der Waals surface area contributed by atoms with E-state index in [1.807, 2.05) is 0 Å². The minimum Gasteiger partial charge on any atom is -0.497 e. The first-order valence-electron chi connectivity index (χ1n) is 8.56. The van der Waals surface area contributed by atoms with Gasteiger partial charge in [-0.15, -0.1) is 0 Å². The van der Waals surface area contributed by atoms with Crippen LogP contribution in [0.3, 0.4) is 0 Å². The first-order valence-corrected chi connectivity index (χ1v) is 8.56. The number of amides is 1. The van der Waals surface area contributed by atoms with Crippen LogP contribution in [0.25, 0.3) is 6.08 Å². The largest absolute Gasteiger partial charge is 0.497 e. The van der Waals surface area contributed by atoms with Crippen LogP contribution in [0.15, 0.2) is 42.5 Å². The number of carbonyl (C=O) groups is 2. The second-order valence-electron chi connectivity index (χ2n) is 5.78. The molecule has 0 unspecified atom stereocenters. The fraction of sp³-hybridized carbons (Fsp3) is 0.200. The monoisotopic (exact) mass is 416 g/mol. The van der Waals surface area contributed by atoms with Gasteiger partial charge < -0.3 is 24.3 Å². The van der Waals surface area contributed by atoms with Crippen molar-refractivity contribution in [1.29, 1.82) is 0 Å². The van der Waals surface area contributed by atoms with E-state index in [1.165, 1.54) is 39.5 Å². The van der Waals surface area contributed by atoms with Crippen molar-refractivity contribution in [3.8, 4) is 17.2 Å². The summed E-state index contributed by atoms with van der Waals surface area (Å²) in [7, 11) is 4.37. The number of anilines is 1. The zero-order valence-electron chi connectivity index (χ0n) is 16.5. The molecule has 0 saturated heterocycles. The van der Waals surface area contributed by atoms with Crippen molar-refractivity contribution in [3.63, 3.8) is 0 Å². The molecule has 0 atom stereocenters. The number of nitro benzene ring substituents is 1. The highest BCUT2D eigenvalue weighted by Crippen LogP contribution is 2.28. The van der Waals surface area contributed by atoms with Crippen LogP contribution in [-0.2, 0) is 14.3 Å². The Bertz CT molecular complexity index is 949. The van der Waals surface area contributed by atoms with Gasteiger partial charge in [-0.25, -0.2) is 4.79 Å². The zero-order chi connectivity index (χ0) is 22.1. The molecule has 0 aromatic heterocycles. The molecule has 0 heterocycles. The average molecular weight is 416 g/mol. The lowest BCUT2D eigenvalue weighted by Crippen LogP contribution is -2.20. The van der Waals surface area contributed by atoms with Gasteiger partial charge in [-0.1, -0.05) is 0 Å². The summed E-state index contributed by atoms with van der Waals surface area (Å²) in [4.78, 5) is 34.2. The van der Waals surface area contributed by atoms with Gasteiger partial charge in [0.1, 0.15) is 17.2 Å². The molecule has 158 valence electrons. The molecule has 0 fully saturated rings. The second kappa shape index (κ2) is 10.5. The Hall–Kier alpha value is -4.08. The van der Waals surface area contributed by atoms with Gasteiger partial charge in [0.15, 0.2) is 6.61 Å². The Morgan fingerprint density at radius 1 is 1.03 bits per heavy atom. The fourth-order valence-corrected chi connectivity index (χ4v) is 2.37. The molecule has 0 saturated carbocycles. The summed E-state index contributed by atoms with van der Waals surface area (Å²) in [5, 5.41) is 13.3. The maximum absolute atomic E-state index is 12.0. The third-order valence-corrected chi connectivity index (χ3v) is 3.80. The lowest BCUT2D eigenvalue weighted by Gasteiger charge is -2.10. The van der Waals surface area contributed by atoms with Crippen molar-refractivity contribution in [2.24, 2.45) is 0 Å². The van der Waals surface area contributed by atoms with Gasteiger partial charge in [0.2, 0.25) is 0 Å². The van der Waals surface area contributed by atoms with E-state index < -0.39 is 23.4 Å². The molecule has 10 heteroatoms. The van der Waals surface area contributed by atoms with Crippen LogP contribution in [0.2, 0.25) is 0 Å². The Morgan fingerprint density at radius 2 is 1.70 bits per heavy atom. The van der Waals surface area contributed by atoms with Crippen molar-refractivity contribution in [2.45, 2.75) is 0 Å². The minimum atomic E-state index is -0.752. The summed E-state index contributed by atoms with van der Waals surface area (Å²) in [6.45, 7) is -0.587. The lowest BCUT2D eigenvalue weighted by atomic mass is 10.2. The number of hydrogen-bond acceptors (Lipinski definition) is 8. The highest BCUT2D eigenvalue weighted by Gasteiger charge is 2.14.